The van der Waals surface area contributed by atoms with E-state index in [0.29, 0.717) is 27.0 Å². The SMILES string of the molecule is CC(=O)c1cc(Br)cc(N)c1OCc1cc(F)ccc1C. The van der Waals surface area contributed by atoms with E-state index in [1.165, 1.54) is 19.1 Å². The normalized spacial score (nSPS) is 10.5. The Hall–Kier alpha value is -1.88. The van der Waals surface area contributed by atoms with Gasteiger partial charge in [0.15, 0.2) is 11.5 Å². The van der Waals surface area contributed by atoms with Gasteiger partial charge in [0.05, 0.1) is 11.3 Å². The van der Waals surface area contributed by atoms with E-state index in [4.69, 9.17) is 10.5 Å². The average Bonchev–Trinajstić information content (AvgIpc) is 2.40. The number of hydrogen-bond donors (Lipinski definition) is 1. The van der Waals surface area contributed by atoms with E-state index in [0.717, 1.165) is 5.56 Å². The molecule has 0 unspecified atom stereocenters. The molecule has 0 fully saturated rings. The molecule has 0 aliphatic heterocycles. The first-order valence-electron chi connectivity index (χ1n) is 6.36. The number of rotatable bonds is 4. The molecule has 0 atom stereocenters. The van der Waals surface area contributed by atoms with Gasteiger partial charge in [0, 0.05) is 4.47 Å². The lowest BCUT2D eigenvalue weighted by atomic mass is 10.1. The van der Waals surface area contributed by atoms with Crippen LogP contribution in [0.2, 0.25) is 0 Å². The summed E-state index contributed by atoms with van der Waals surface area (Å²) in [6.45, 7) is 3.46. The number of Topliss-reactive ketones (excluding diaryl/α,β-unsaturated/α-hetero) is 1. The summed E-state index contributed by atoms with van der Waals surface area (Å²) in [5.41, 5.74) is 8.30. The van der Waals surface area contributed by atoms with E-state index in [2.05, 4.69) is 15.9 Å². The van der Waals surface area contributed by atoms with Crippen LogP contribution in [0.25, 0.3) is 0 Å². The summed E-state index contributed by atoms with van der Waals surface area (Å²) < 4.78 is 19.7. The van der Waals surface area contributed by atoms with Gasteiger partial charge in [-0.15, -0.1) is 0 Å². The predicted octanol–water partition coefficient (Wildman–Crippen LogP) is 4.26. The first-order chi connectivity index (χ1) is 9.88. The molecule has 0 aliphatic carbocycles. The highest BCUT2D eigenvalue weighted by molar-refractivity contribution is 9.10. The van der Waals surface area contributed by atoms with Crippen molar-refractivity contribution in [2.75, 3.05) is 5.73 Å². The summed E-state index contributed by atoms with van der Waals surface area (Å²) in [7, 11) is 0. The summed E-state index contributed by atoms with van der Waals surface area (Å²) in [6, 6.07) is 7.82. The number of carbonyl (C=O) groups excluding carboxylic acids is 1. The van der Waals surface area contributed by atoms with Crippen molar-refractivity contribution in [3.63, 3.8) is 0 Å². The molecule has 2 rings (SSSR count). The molecule has 2 N–H and O–H groups in total. The first kappa shape index (κ1) is 15.5. The maximum Gasteiger partial charge on any atom is 0.163 e. The maximum atomic E-state index is 13.3. The summed E-state index contributed by atoms with van der Waals surface area (Å²) in [5.74, 6) is -0.141. The molecule has 5 heteroatoms. The van der Waals surface area contributed by atoms with Crippen LogP contribution >= 0.6 is 15.9 Å². The minimum Gasteiger partial charge on any atom is -0.486 e. The van der Waals surface area contributed by atoms with E-state index >= 15 is 0 Å². The summed E-state index contributed by atoms with van der Waals surface area (Å²) >= 11 is 3.30. The highest BCUT2D eigenvalue weighted by Crippen LogP contribution is 2.32. The van der Waals surface area contributed by atoms with E-state index in [1.54, 1.807) is 18.2 Å². The number of halogens is 2. The number of ether oxygens (including phenoxy) is 1. The molecule has 2 aromatic carbocycles. The van der Waals surface area contributed by atoms with Gasteiger partial charge in [-0.2, -0.15) is 0 Å². The molecule has 0 spiro atoms. The zero-order chi connectivity index (χ0) is 15.6. The Morgan fingerprint density at radius 1 is 1.33 bits per heavy atom. The molecule has 2 aromatic rings. The van der Waals surface area contributed by atoms with Gasteiger partial charge in [0.25, 0.3) is 0 Å². The predicted molar refractivity (Wildman–Crippen MR) is 84.0 cm³/mol. The molecule has 110 valence electrons. The Balaban J connectivity index is 2.32. The van der Waals surface area contributed by atoms with Crippen molar-refractivity contribution in [1.29, 1.82) is 0 Å². The molecule has 3 nitrogen and oxygen atoms in total. The highest BCUT2D eigenvalue weighted by atomic mass is 79.9. The smallest absolute Gasteiger partial charge is 0.163 e. The Kier molecular flexibility index (Phi) is 4.63. The van der Waals surface area contributed by atoms with Gasteiger partial charge in [-0.3, -0.25) is 4.79 Å². The van der Waals surface area contributed by atoms with E-state index in [1.807, 2.05) is 6.92 Å². The van der Waals surface area contributed by atoms with Crippen LogP contribution < -0.4 is 10.5 Å². The molecule has 0 aliphatic rings. The number of ketones is 1. The minimum atomic E-state index is -0.324. The van der Waals surface area contributed by atoms with Crippen molar-refractivity contribution in [3.05, 3.63) is 57.3 Å². The molecular weight excluding hydrogens is 337 g/mol. The second-order valence-electron chi connectivity index (χ2n) is 4.79. The third-order valence-electron chi connectivity index (χ3n) is 3.14. The first-order valence-corrected chi connectivity index (χ1v) is 7.15. The van der Waals surface area contributed by atoms with Crippen LogP contribution in [0.3, 0.4) is 0 Å². The Morgan fingerprint density at radius 2 is 2.05 bits per heavy atom. The quantitative estimate of drug-likeness (QED) is 0.661. The summed E-state index contributed by atoms with van der Waals surface area (Å²) in [5, 5.41) is 0. The number of aryl methyl sites for hydroxylation is 1. The number of carbonyl (C=O) groups is 1. The van der Waals surface area contributed by atoms with Crippen molar-refractivity contribution in [1.82, 2.24) is 0 Å². The second kappa shape index (κ2) is 6.26. The molecule has 0 radical (unpaired) electrons. The zero-order valence-corrected chi connectivity index (χ0v) is 13.3. The number of nitrogen functional groups attached to an aromatic ring is 1. The van der Waals surface area contributed by atoms with Gasteiger partial charge >= 0.3 is 0 Å². The fraction of sp³-hybridized carbons (Fsp3) is 0.188. The molecule has 0 bridgehead atoms. The molecule has 0 saturated carbocycles. The van der Waals surface area contributed by atoms with Crippen molar-refractivity contribution in [2.45, 2.75) is 20.5 Å². The molecule has 21 heavy (non-hydrogen) atoms. The largest absolute Gasteiger partial charge is 0.486 e. The molecule has 0 saturated heterocycles. The van der Waals surface area contributed by atoms with Crippen LogP contribution in [0, 0.1) is 12.7 Å². The van der Waals surface area contributed by atoms with E-state index in [9.17, 15) is 9.18 Å². The van der Waals surface area contributed by atoms with Crippen LogP contribution in [0.15, 0.2) is 34.8 Å². The van der Waals surface area contributed by atoms with Crippen molar-refractivity contribution >= 4 is 27.4 Å². The number of anilines is 1. The zero-order valence-electron chi connectivity index (χ0n) is 11.7. The van der Waals surface area contributed by atoms with Gasteiger partial charge in [0.2, 0.25) is 0 Å². The van der Waals surface area contributed by atoms with Gasteiger partial charge < -0.3 is 10.5 Å². The summed E-state index contributed by atoms with van der Waals surface area (Å²) in [4.78, 5) is 11.7. The van der Waals surface area contributed by atoms with Gasteiger partial charge in [-0.1, -0.05) is 22.0 Å². The lowest BCUT2D eigenvalue weighted by Gasteiger charge is -2.14. The number of hydrogen-bond acceptors (Lipinski definition) is 3. The van der Waals surface area contributed by atoms with Crippen LogP contribution in [0.1, 0.15) is 28.4 Å². The Bertz CT molecular complexity index is 701. The van der Waals surface area contributed by atoms with E-state index < -0.39 is 0 Å². The number of benzene rings is 2. The standard InChI is InChI=1S/C16H15BrFNO2/c1-9-3-4-13(18)5-11(9)8-21-16-14(10(2)20)6-12(17)7-15(16)19/h3-7H,8,19H2,1-2H3. The van der Waals surface area contributed by atoms with Gasteiger partial charge in [0.1, 0.15) is 12.4 Å². The average molecular weight is 352 g/mol. The lowest BCUT2D eigenvalue weighted by molar-refractivity contribution is 0.101. The Morgan fingerprint density at radius 3 is 2.71 bits per heavy atom. The van der Waals surface area contributed by atoms with Crippen molar-refractivity contribution in [3.8, 4) is 5.75 Å². The van der Waals surface area contributed by atoms with Crippen LogP contribution in [-0.4, -0.2) is 5.78 Å². The van der Waals surface area contributed by atoms with Crippen molar-refractivity contribution < 1.29 is 13.9 Å². The van der Waals surface area contributed by atoms with Gasteiger partial charge in [-0.05, 0) is 49.2 Å². The van der Waals surface area contributed by atoms with Gasteiger partial charge in [-0.25, -0.2) is 4.39 Å². The highest BCUT2D eigenvalue weighted by Gasteiger charge is 2.14. The third-order valence-corrected chi connectivity index (χ3v) is 3.60. The molecule has 0 heterocycles. The fourth-order valence-corrected chi connectivity index (χ4v) is 2.46. The molecule has 0 amide bonds. The Labute approximate surface area is 131 Å². The fourth-order valence-electron chi connectivity index (χ4n) is 1.98. The topological polar surface area (TPSA) is 52.3 Å². The van der Waals surface area contributed by atoms with Crippen molar-refractivity contribution in [2.24, 2.45) is 0 Å². The van der Waals surface area contributed by atoms with Crippen LogP contribution in [0.5, 0.6) is 5.75 Å². The van der Waals surface area contributed by atoms with E-state index in [-0.39, 0.29) is 18.2 Å². The number of nitrogens with two attached hydrogens (primary N) is 1. The molecular formula is C16H15BrFNO2. The summed E-state index contributed by atoms with van der Waals surface area (Å²) in [6.07, 6.45) is 0. The molecule has 0 aromatic heterocycles. The minimum absolute atomic E-state index is 0.144. The second-order valence-corrected chi connectivity index (χ2v) is 5.70. The monoisotopic (exact) mass is 351 g/mol. The third kappa shape index (κ3) is 3.61. The van der Waals surface area contributed by atoms with Crippen LogP contribution in [0.4, 0.5) is 10.1 Å². The van der Waals surface area contributed by atoms with Crippen LogP contribution in [-0.2, 0) is 6.61 Å². The lowest BCUT2D eigenvalue weighted by Crippen LogP contribution is -2.06. The maximum absolute atomic E-state index is 13.3.